The molecule has 1 N–H and O–H groups in total. The van der Waals surface area contributed by atoms with Gasteiger partial charge in [-0.2, -0.15) is 0 Å². The van der Waals surface area contributed by atoms with Crippen LogP contribution >= 0.6 is 0 Å². The molecule has 0 aromatic rings. The molecule has 0 aromatic carbocycles. The van der Waals surface area contributed by atoms with Crippen LogP contribution in [0.4, 0.5) is 0 Å². The van der Waals surface area contributed by atoms with Crippen molar-refractivity contribution in [3.8, 4) is 0 Å². The Balaban J connectivity index is 2.30. The minimum Gasteiger partial charge on any atom is -0.339 e. The summed E-state index contributed by atoms with van der Waals surface area (Å²) in [7, 11) is 2.10. The Labute approximate surface area is 105 Å². The Morgan fingerprint density at radius 1 is 1.24 bits per heavy atom. The van der Waals surface area contributed by atoms with Crippen LogP contribution in [0.2, 0.25) is 0 Å². The molecule has 1 heterocycles. The van der Waals surface area contributed by atoms with Crippen LogP contribution in [0, 0.1) is 5.41 Å². The quantitative estimate of drug-likeness (QED) is 0.793. The predicted octanol–water partition coefficient (Wildman–Crippen LogP) is 0.785. The highest BCUT2D eigenvalue weighted by molar-refractivity contribution is 5.78. The lowest BCUT2D eigenvalue weighted by Crippen LogP contribution is -2.51. The van der Waals surface area contributed by atoms with E-state index < -0.39 is 0 Å². The van der Waals surface area contributed by atoms with Gasteiger partial charge in [0, 0.05) is 32.2 Å². The number of nitrogens with one attached hydrogen (secondary N) is 1. The lowest BCUT2D eigenvalue weighted by Gasteiger charge is -2.34. The van der Waals surface area contributed by atoms with Crippen molar-refractivity contribution in [3.63, 3.8) is 0 Å². The molecule has 4 heteroatoms. The van der Waals surface area contributed by atoms with Crippen LogP contribution in [0.1, 0.15) is 27.7 Å². The van der Waals surface area contributed by atoms with E-state index in [1.807, 2.05) is 4.90 Å². The van der Waals surface area contributed by atoms with Gasteiger partial charge in [0.25, 0.3) is 0 Å². The number of piperazine rings is 1. The number of carbonyl (C=O) groups is 1. The fourth-order valence-electron chi connectivity index (χ4n) is 1.71. The van der Waals surface area contributed by atoms with E-state index in [2.05, 4.69) is 45.0 Å². The summed E-state index contributed by atoms with van der Waals surface area (Å²) in [5, 5.41) is 3.33. The van der Waals surface area contributed by atoms with E-state index in [-0.39, 0.29) is 11.3 Å². The molecule has 1 saturated heterocycles. The normalized spacial score (nSPS) is 20.4. The van der Waals surface area contributed by atoms with Gasteiger partial charge in [-0.05, 0) is 19.4 Å². The first-order chi connectivity index (χ1) is 7.80. The summed E-state index contributed by atoms with van der Waals surface area (Å²) in [6, 6.07) is 0.346. The molecule has 0 aliphatic carbocycles. The highest BCUT2D eigenvalue weighted by Gasteiger charge is 2.22. The highest BCUT2D eigenvalue weighted by atomic mass is 16.2. The molecule has 0 spiro atoms. The van der Waals surface area contributed by atoms with Gasteiger partial charge in [-0.1, -0.05) is 20.8 Å². The van der Waals surface area contributed by atoms with Gasteiger partial charge in [-0.3, -0.25) is 4.79 Å². The minimum atomic E-state index is 0.197. The summed E-state index contributed by atoms with van der Waals surface area (Å²) in [6.45, 7) is 12.9. The molecule has 1 unspecified atom stereocenters. The third-order valence-electron chi connectivity index (χ3n) is 3.71. The van der Waals surface area contributed by atoms with E-state index in [9.17, 15) is 4.79 Å². The average molecular weight is 241 g/mol. The number of amides is 1. The summed E-state index contributed by atoms with van der Waals surface area (Å²) in [6.07, 6.45) is 0. The number of nitrogens with zero attached hydrogens (tertiary/aromatic N) is 2. The number of rotatable bonds is 3. The molecule has 1 amide bonds. The standard InChI is InChI=1S/C13H27N3O/c1-11(13(2,3)4)14-10-12(17)16-8-6-15(5)7-9-16/h11,14H,6-10H2,1-5H3. The number of hydrogen-bond acceptors (Lipinski definition) is 3. The first-order valence-corrected chi connectivity index (χ1v) is 6.50. The molecule has 0 aromatic heterocycles. The van der Waals surface area contributed by atoms with Gasteiger partial charge < -0.3 is 15.1 Å². The Hall–Kier alpha value is -0.610. The van der Waals surface area contributed by atoms with E-state index >= 15 is 0 Å². The van der Waals surface area contributed by atoms with Crippen LogP contribution in [0.5, 0.6) is 0 Å². The Kier molecular flexibility index (Phi) is 4.95. The van der Waals surface area contributed by atoms with Crippen molar-refractivity contribution in [3.05, 3.63) is 0 Å². The van der Waals surface area contributed by atoms with E-state index in [0.29, 0.717) is 12.6 Å². The van der Waals surface area contributed by atoms with Crippen LogP contribution in [0.3, 0.4) is 0 Å². The molecule has 1 atom stereocenters. The number of carbonyl (C=O) groups excluding carboxylic acids is 1. The summed E-state index contributed by atoms with van der Waals surface area (Å²) < 4.78 is 0. The number of hydrogen-bond donors (Lipinski definition) is 1. The van der Waals surface area contributed by atoms with E-state index in [1.54, 1.807) is 0 Å². The van der Waals surface area contributed by atoms with Crippen molar-refractivity contribution >= 4 is 5.91 Å². The van der Waals surface area contributed by atoms with Gasteiger partial charge in [-0.15, -0.1) is 0 Å². The van der Waals surface area contributed by atoms with Gasteiger partial charge >= 0.3 is 0 Å². The highest BCUT2D eigenvalue weighted by Crippen LogP contribution is 2.18. The first-order valence-electron chi connectivity index (χ1n) is 6.50. The summed E-state index contributed by atoms with van der Waals surface area (Å²) in [5.74, 6) is 0.231. The Morgan fingerprint density at radius 2 is 1.76 bits per heavy atom. The lowest BCUT2D eigenvalue weighted by atomic mass is 9.88. The maximum atomic E-state index is 12.0. The van der Waals surface area contributed by atoms with Crippen molar-refractivity contribution < 1.29 is 4.79 Å². The second-order valence-corrected chi connectivity index (χ2v) is 6.15. The van der Waals surface area contributed by atoms with Gasteiger partial charge in [0.15, 0.2) is 0 Å². The lowest BCUT2D eigenvalue weighted by molar-refractivity contribution is -0.132. The van der Waals surface area contributed by atoms with Gasteiger partial charge in [0.05, 0.1) is 6.54 Å². The Bertz CT molecular complexity index is 252. The maximum Gasteiger partial charge on any atom is 0.236 e. The van der Waals surface area contributed by atoms with Crippen LogP contribution < -0.4 is 5.32 Å². The smallest absolute Gasteiger partial charge is 0.236 e. The maximum absolute atomic E-state index is 12.0. The second kappa shape index (κ2) is 5.83. The largest absolute Gasteiger partial charge is 0.339 e. The SMILES string of the molecule is CC(NCC(=O)N1CCN(C)CC1)C(C)(C)C. The van der Waals surface area contributed by atoms with Crippen LogP contribution in [0.15, 0.2) is 0 Å². The van der Waals surface area contributed by atoms with Gasteiger partial charge in [0.2, 0.25) is 5.91 Å². The number of likely N-dealkylation sites (N-methyl/N-ethyl adjacent to an activating group) is 1. The van der Waals surface area contributed by atoms with Crippen molar-refractivity contribution in [2.45, 2.75) is 33.7 Å². The monoisotopic (exact) mass is 241 g/mol. The van der Waals surface area contributed by atoms with Crippen LogP contribution in [-0.2, 0) is 4.79 Å². The average Bonchev–Trinajstić information content (AvgIpc) is 2.25. The molecule has 100 valence electrons. The van der Waals surface area contributed by atoms with Crippen molar-refractivity contribution in [2.24, 2.45) is 5.41 Å². The fraction of sp³-hybridized carbons (Fsp3) is 0.923. The van der Waals surface area contributed by atoms with E-state index in [0.717, 1.165) is 26.2 Å². The molecule has 4 nitrogen and oxygen atoms in total. The molecular formula is C13H27N3O. The van der Waals surface area contributed by atoms with Gasteiger partial charge in [-0.25, -0.2) is 0 Å². The first kappa shape index (κ1) is 14.5. The Morgan fingerprint density at radius 3 is 2.24 bits per heavy atom. The summed E-state index contributed by atoms with van der Waals surface area (Å²) in [5.41, 5.74) is 0.197. The van der Waals surface area contributed by atoms with Gasteiger partial charge in [0.1, 0.15) is 0 Å². The van der Waals surface area contributed by atoms with Crippen molar-refractivity contribution in [1.29, 1.82) is 0 Å². The minimum absolute atomic E-state index is 0.197. The van der Waals surface area contributed by atoms with E-state index in [4.69, 9.17) is 0 Å². The molecular weight excluding hydrogens is 214 g/mol. The molecule has 17 heavy (non-hydrogen) atoms. The van der Waals surface area contributed by atoms with Crippen LogP contribution in [0.25, 0.3) is 0 Å². The molecule has 0 radical (unpaired) electrons. The molecule has 1 aliphatic heterocycles. The zero-order chi connectivity index (χ0) is 13.1. The van der Waals surface area contributed by atoms with Crippen LogP contribution in [-0.4, -0.2) is 61.5 Å². The third-order valence-corrected chi connectivity index (χ3v) is 3.71. The second-order valence-electron chi connectivity index (χ2n) is 6.15. The van der Waals surface area contributed by atoms with Crippen molar-refractivity contribution in [2.75, 3.05) is 39.8 Å². The fourth-order valence-corrected chi connectivity index (χ4v) is 1.71. The van der Waals surface area contributed by atoms with E-state index in [1.165, 1.54) is 0 Å². The third kappa shape index (κ3) is 4.64. The molecule has 1 rings (SSSR count). The topological polar surface area (TPSA) is 35.6 Å². The molecule has 0 saturated carbocycles. The van der Waals surface area contributed by atoms with Crippen molar-refractivity contribution in [1.82, 2.24) is 15.1 Å². The zero-order valence-corrected chi connectivity index (χ0v) is 11.9. The summed E-state index contributed by atoms with van der Waals surface area (Å²) >= 11 is 0. The summed E-state index contributed by atoms with van der Waals surface area (Å²) in [4.78, 5) is 16.2. The predicted molar refractivity (Wildman–Crippen MR) is 71.0 cm³/mol. The molecule has 1 fully saturated rings. The zero-order valence-electron chi connectivity index (χ0n) is 11.9. The molecule has 1 aliphatic rings. The molecule has 0 bridgehead atoms.